The lowest BCUT2D eigenvalue weighted by Crippen LogP contribution is -2.42. The Labute approximate surface area is 143 Å². The van der Waals surface area contributed by atoms with Gasteiger partial charge in [0.25, 0.3) is 5.91 Å². The summed E-state index contributed by atoms with van der Waals surface area (Å²) < 4.78 is 13.8. The first-order valence-corrected chi connectivity index (χ1v) is 8.30. The summed E-state index contributed by atoms with van der Waals surface area (Å²) in [5, 5.41) is 7.11. The maximum absolute atomic E-state index is 13.8. The molecule has 2 saturated heterocycles. The summed E-state index contributed by atoms with van der Waals surface area (Å²) in [6.45, 7) is 0. The van der Waals surface area contributed by atoms with E-state index in [4.69, 9.17) is 0 Å². The Morgan fingerprint density at radius 3 is 2.87 bits per heavy atom. The van der Waals surface area contributed by atoms with Gasteiger partial charge >= 0.3 is 0 Å². The smallest absolute Gasteiger partial charge is 0.263 e. The number of hydrogen-bond acceptors (Lipinski definition) is 4. The average Bonchev–Trinajstić information content (AvgIpc) is 3.24. The minimum atomic E-state index is -0.318. The van der Waals surface area contributed by atoms with Crippen LogP contribution in [0, 0.1) is 5.82 Å². The molecular weight excluding hydrogens is 337 g/mol. The normalized spacial score (nSPS) is 25.2. The van der Waals surface area contributed by atoms with Crippen molar-refractivity contribution in [2.24, 2.45) is 0 Å². The van der Waals surface area contributed by atoms with Gasteiger partial charge in [0, 0.05) is 23.7 Å². The number of hydrogen-bond donors (Lipinski definition) is 2. The quantitative estimate of drug-likeness (QED) is 0.892. The third-order valence-corrected chi connectivity index (χ3v) is 5.48. The zero-order valence-corrected chi connectivity index (χ0v) is 13.9. The molecule has 23 heavy (non-hydrogen) atoms. The highest BCUT2D eigenvalue weighted by atomic mass is 35.5. The lowest BCUT2D eigenvalue weighted by molar-refractivity contribution is 0.0935. The van der Waals surface area contributed by atoms with Gasteiger partial charge in [-0.1, -0.05) is 12.1 Å². The van der Waals surface area contributed by atoms with Crippen molar-refractivity contribution in [1.82, 2.24) is 15.6 Å². The molecule has 7 heteroatoms. The molecule has 2 fully saturated rings. The number of halogens is 2. The van der Waals surface area contributed by atoms with Gasteiger partial charge in [-0.05, 0) is 31.4 Å². The van der Waals surface area contributed by atoms with Gasteiger partial charge in [0.1, 0.15) is 15.7 Å². The third kappa shape index (κ3) is 3.11. The molecule has 0 saturated carbocycles. The largest absolute Gasteiger partial charge is 0.347 e. The number of benzene rings is 1. The van der Waals surface area contributed by atoms with Crippen LogP contribution in [0.25, 0.3) is 10.6 Å². The van der Waals surface area contributed by atoms with Gasteiger partial charge in [-0.25, -0.2) is 9.37 Å². The van der Waals surface area contributed by atoms with Gasteiger partial charge < -0.3 is 10.6 Å². The standard InChI is InChI=1S/C16H16FN3OS.ClH/c17-11-4-2-1-3-10(11)16-18-8-14(22-16)15(21)20-13-7-9-5-6-12(13)19-9;/h1-4,8-9,12-13,19H,5-7H2,(H,20,21);1H/t9?,12?,13-;/m1./s1. The van der Waals surface area contributed by atoms with E-state index in [2.05, 4.69) is 15.6 Å². The Morgan fingerprint density at radius 1 is 1.35 bits per heavy atom. The third-order valence-electron chi connectivity index (χ3n) is 4.45. The van der Waals surface area contributed by atoms with Gasteiger partial charge in [-0.2, -0.15) is 0 Å². The van der Waals surface area contributed by atoms with E-state index < -0.39 is 0 Å². The van der Waals surface area contributed by atoms with Crippen molar-refractivity contribution in [2.45, 2.75) is 37.4 Å². The Morgan fingerprint density at radius 2 is 2.17 bits per heavy atom. The topological polar surface area (TPSA) is 54.0 Å². The summed E-state index contributed by atoms with van der Waals surface area (Å²) in [5.41, 5.74) is 0.438. The van der Waals surface area contributed by atoms with Crippen LogP contribution in [0.15, 0.2) is 30.5 Å². The molecule has 2 N–H and O–H groups in total. The van der Waals surface area contributed by atoms with E-state index in [1.54, 1.807) is 18.2 Å². The Balaban J connectivity index is 0.00000156. The van der Waals surface area contributed by atoms with Crippen LogP contribution < -0.4 is 10.6 Å². The molecule has 0 aliphatic carbocycles. The van der Waals surface area contributed by atoms with Crippen LogP contribution in [0.2, 0.25) is 0 Å². The summed E-state index contributed by atoms with van der Waals surface area (Å²) >= 11 is 1.23. The molecule has 3 atom stereocenters. The van der Waals surface area contributed by atoms with Crippen LogP contribution in [0.4, 0.5) is 4.39 Å². The highest BCUT2D eigenvalue weighted by molar-refractivity contribution is 7.16. The fourth-order valence-corrected chi connectivity index (χ4v) is 4.21. The molecule has 0 spiro atoms. The lowest BCUT2D eigenvalue weighted by Gasteiger charge is -2.20. The van der Waals surface area contributed by atoms with Crippen molar-refractivity contribution >= 4 is 29.7 Å². The zero-order valence-electron chi connectivity index (χ0n) is 12.3. The number of rotatable bonds is 3. The molecule has 3 heterocycles. The second-order valence-corrected chi connectivity index (χ2v) is 6.90. The zero-order chi connectivity index (χ0) is 15.1. The number of thiazole rings is 1. The summed E-state index contributed by atoms with van der Waals surface area (Å²) in [6.07, 6.45) is 4.85. The maximum Gasteiger partial charge on any atom is 0.263 e. The van der Waals surface area contributed by atoms with E-state index in [-0.39, 0.29) is 30.2 Å². The van der Waals surface area contributed by atoms with E-state index in [9.17, 15) is 9.18 Å². The van der Waals surface area contributed by atoms with Crippen LogP contribution in [0.3, 0.4) is 0 Å². The van der Waals surface area contributed by atoms with Gasteiger partial charge in [-0.15, -0.1) is 23.7 Å². The molecular formula is C16H17ClFN3OS. The van der Waals surface area contributed by atoms with Crippen molar-refractivity contribution in [1.29, 1.82) is 0 Å². The fourth-order valence-electron chi connectivity index (χ4n) is 3.36. The second-order valence-electron chi connectivity index (χ2n) is 5.87. The molecule has 4 nitrogen and oxygen atoms in total. The first kappa shape index (κ1) is 16.4. The van der Waals surface area contributed by atoms with Gasteiger partial charge in [0.15, 0.2) is 0 Å². The van der Waals surface area contributed by atoms with Crippen molar-refractivity contribution in [2.75, 3.05) is 0 Å². The van der Waals surface area contributed by atoms with Gasteiger partial charge in [0.05, 0.1) is 6.20 Å². The number of carbonyl (C=O) groups excluding carboxylic acids is 1. The Hall–Kier alpha value is -1.50. The monoisotopic (exact) mass is 353 g/mol. The molecule has 122 valence electrons. The minimum absolute atomic E-state index is 0. The van der Waals surface area contributed by atoms with E-state index in [1.165, 1.54) is 30.0 Å². The molecule has 2 aromatic rings. The molecule has 0 radical (unpaired) electrons. The summed E-state index contributed by atoms with van der Waals surface area (Å²) in [7, 11) is 0. The van der Waals surface area contributed by atoms with E-state index in [0.29, 0.717) is 27.5 Å². The molecule has 4 rings (SSSR count). The maximum atomic E-state index is 13.8. The molecule has 2 bridgehead atoms. The van der Waals surface area contributed by atoms with E-state index in [0.717, 1.165) is 12.8 Å². The summed E-state index contributed by atoms with van der Waals surface area (Å²) in [5.74, 6) is -0.430. The van der Waals surface area contributed by atoms with Crippen LogP contribution in [0.1, 0.15) is 28.9 Å². The highest BCUT2D eigenvalue weighted by Crippen LogP contribution is 2.30. The predicted molar refractivity (Wildman–Crippen MR) is 90.6 cm³/mol. The molecule has 1 aromatic carbocycles. The van der Waals surface area contributed by atoms with Gasteiger partial charge in [-0.3, -0.25) is 4.79 Å². The molecule has 2 unspecified atom stereocenters. The van der Waals surface area contributed by atoms with E-state index >= 15 is 0 Å². The van der Waals surface area contributed by atoms with Crippen molar-refractivity contribution in [3.05, 3.63) is 41.2 Å². The van der Waals surface area contributed by atoms with Crippen molar-refractivity contribution in [3.63, 3.8) is 0 Å². The lowest BCUT2D eigenvalue weighted by atomic mass is 9.95. The highest BCUT2D eigenvalue weighted by Gasteiger charge is 2.39. The summed E-state index contributed by atoms with van der Waals surface area (Å²) in [6, 6.07) is 7.62. The number of amides is 1. The van der Waals surface area contributed by atoms with Crippen LogP contribution >= 0.6 is 23.7 Å². The average molecular weight is 354 g/mol. The number of aromatic nitrogens is 1. The Kier molecular flexibility index (Phi) is 4.66. The van der Waals surface area contributed by atoms with Gasteiger partial charge in [0.2, 0.25) is 0 Å². The molecule has 1 aromatic heterocycles. The first-order chi connectivity index (χ1) is 10.7. The SMILES string of the molecule is Cl.O=C(N[C@@H]1CC2CCC1N2)c1cnc(-c2ccccc2F)s1. The molecule has 2 aliphatic heterocycles. The number of nitrogens with one attached hydrogen (secondary N) is 2. The van der Waals surface area contributed by atoms with Crippen LogP contribution in [-0.2, 0) is 0 Å². The van der Waals surface area contributed by atoms with Crippen molar-refractivity contribution < 1.29 is 9.18 Å². The van der Waals surface area contributed by atoms with Crippen LogP contribution in [0.5, 0.6) is 0 Å². The summed E-state index contributed by atoms with van der Waals surface area (Å²) in [4.78, 5) is 17.1. The van der Waals surface area contributed by atoms with Crippen molar-refractivity contribution in [3.8, 4) is 10.6 Å². The number of nitrogens with zero attached hydrogens (tertiary/aromatic N) is 1. The number of fused-ring (bicyclic) bond motifs is 2. The Bertz CT molecular complexity index is 723. The minimum Gasteiger partial charge on any atom is -0.347 e. The predicted octanol–water partition coefficient (Wildman–Crippen LogP) is 2.99. The fraction of sp³-hybridized carbons (Fsp3) is 0.375. The second kappa shape index (κ2) is 6.55. The first-order valence-electron chi connectivity index (χ1n) is 7.48. The number of carbonyl (C=O) groups is 1. The van der Waals surface area contributed by atoms with Crippen LogP contribution in [-0.4, -0.2) is 29.0 Å². The van der Waals surface area contributed by atoms with E-state index in [1.807, 2.05) is 0 Å². The molecule has 1 amide bonds. The molecule has 2 aliphatic rings.